The summed E-state index contributed by atoms with van der Waals surface area (Å²) < 4.78 is 5.03. The highest BCUT2D eigenvalue weighted by atomic mass is 32.2. The number of carbonyl (C=O) groups excluding carboxylic acids is 1. The molecule has 26 heavy (non-hydrogen) atoms. The minimum atomic E-state index is -0.344. The number of phenols is 1. The second-order valence-corrected chi connectivity index (χ2v) is 7.46. The third-order valence-electron chi connectivity index (χ3n) is 4.48. The van der Waals surface area contributed by atoms with Crippen LogP contribution in [0.15, 0.2) is 42.5 Å². The van der Waals surface area contributed by atoms with E-state index in [0.29, 0.717) is 11.4 Å². The predicted molar refractivity (Wildman–Crippen MR) is 107 cm³/mol. The lowest BCUT2D eigenvalue weighted by atomic mass is 10.1. The molecule has 2 aromatic carbocycles. The van der Waals surface area contributed by atoms with E-state index >= 15 is 0 Å². The molecular formula is C20H24N2O3S. The highest BCUT2D eigenvalue weighted by Crippen LogP contribution is 2.24. The summed E-state index contributed by atoms with van der Waals surface area (Å²) in [4.78, 5) is 14.8. The van der Waals surface area contributed by atoms with Crippen molar-refractivity contribution in [1.82, 2.24) is 4.90 Å². The molecule has 0 aromatic heterocycles. The zero-order valence-corrected chi connectivity index (χ0v) is 15.7. The summed E-state index contributed by atoms with van der Waals surface area (Å²) in [5.74, 6) is 2.52. The molecule has 1 saturated heterocycles. The fraction of sp³-hybridized carbons (Fsp3) is 0.350. The van der Waals surface area contributed by atoms with Gasteiger partial charge in [0.2, 0.25) is 0 Å². The first kappa shape index (κ1) is 18.6. The van der Waals surface area contributed by atoms with Crippen LogP contribution in [0.3, 0.4) is 0 Å². The van der Waals surface area contributed by atoms with E-state index in [1.165, 1.54) is 43.3 Å². The van der Waals surface area contributed by atoms with Crippen molar-refractivity contribution in [3.05, 3.63) is 53.6 Å². The van der Waals surface area contributed by atoms with Crippen molar-refractivity contribution in [3.63, 3.8) is 0 Å². The fourth-order valence-corrected chi connectivity index (χ4v) is 3.87. The number of amides is 1. The summed E-state index contributed by atoms with van der Waals surface area (Å²) in [5.41, 5.74) is 2.19. The quantitative estimate of drug-likeness (QED) is 0.815. The van der Waals surface area contributed by atoms with E-state index in [4.69, 9.17) is 4.74 Å². The average Bonchev–Trinajstić information content (AvgIpc) is 2.68. The Morgan fingerprint density at radius 3 is 2.58 bits per heavy atom. The highest BCUT2D eigenvalue weighted by molar-refractivity contribution is 7.99. The van der Waals surface area contributed by atoms with E-state index in [1.807, 2.05) is 36.0 Å². The van der Waals surface area contributed by atoms with Crippen LogP contribution < -0.4 is 10.1 Å². The Hall–Kier alpha value is -2.18. The largest absolute Gasteiger partial charge is 0.507 e. The minimum Gasteiger partial charge on any atom is -0.507 e. The first-order valence-electron chi connectivity index (χ1n) is 8.73. The van der Waals surface area contributed by atoms with Gasteiger partial charge in [-0.3, -0.25) is 4.79 Å². The van der Waals surface area contributed by atoms with E-state index in [2.05, 4.69) is 10.2 Å². The van der Waals surface area contributed by atoms with E-state index in [1.54, 1.807) is 12.1 Å². The number of methoxy groups -OCH3 is 1. The van der Waals surface area contributed by atoms with Crippen LogP contribution in [0.2, 0.25) is 0 Å². The Morgan fingerprint density at radius 2 is 1.92 bits per heavy atom. The molecule has 5 nitrogen and oxygen atoms in total. The van der Waals surface area contributed by atoms with Crippen LogP contribution in [0.5, 0.6) is 11.5 Å². The van der Waals surface area contributed by atoms with Crippen LogP contribution in [0.4, 0.5) is 5.69 Å². The number of benzene rings is 2. The Balaban J connectivity index is 1.55. The van der Waals surface area contributed by atoms with Crippen molar-refractivity contribution in [3.8, 4) is 11.5 Å². The lowest BCUT2D eigenvalue weighted by molar-refractivity contribution is 0.102. The number of nitrogens with zero attached hydrogens (tertiary/aromatic N) is 1. The highest BCUT2D eigenvalue weighted by Gasteiger charge is 2.13. The van der Waals surface area contributed by atoms with Gasteiger partial charge >= 0.3 is 0 Å². The third-order valence-corrected chi connectivity index (χ3v) is 5.42. The van der Waals surface area contributed by atoms with E-state index in [-0.39, 0.29) is 17.2 Å². The number of nitrogens with one attached hydrogen (secondary N) is 1. The summed E-state index contributed by atoms with van der Waals surface area (Å²) in [7, 11) is 1.51. The Bertz CT molecular complexity index is 743. The molecule has 0 unspecified atom stereocenters. The number of hydrogen-bond donors (Lipinski definition) is 2. The lowest BCUT2D eigenvalue weighted by Crippen LogP contribution is -2.34. The molecule has 1 aliphatic heterocycles. The molecule has 138 valence electrons. The standard InChI is InChI=1S/C20H24N2O3S/c1-25-17-6-7-18(19(23)14-17)20(24)21-16-4-2-15(3-5-16)8-9-22-10-12-26-13-11-22/h2-7,14,23H,8-13H2,1H3,(H,21,24). The topological polar surface area (TPSA) is 61.8 Å². The Kier molecular flexibility index (Phi) is 6.41. The maximum Gasteiger partial charge on any atom is 0.259 e. The van der Waals surface area contributed by atoms with Gasteiger partial charge in [-0.25, -0.2) is 0 Å². The molecule has 1 amide bonds. The van der Waals surface area contributed by atoms with Crippen LogP contribution in [-0.2, 0) is 6.42 Å². The molecule has 3 rings (SSSR count). The monoisotopic (exact) mass is 372 g/mol. The minimum absolute atomic E-state index is 0.0989. The Morgan fingerprint density at radius 1 is 1.19 bits per heavy atom. The van der Waals surface area contributed by atoms with Gasteiger partial charge in [-0.05, 0) is 36.2 Å². The first-order valence-corrected chi connectivity index (χ1v) is 9.88. The second-order valence-electron chi connectivity index (χ2n) is 6.24. The van der Waals surface area contributed by atoms with Crippen molar-refractivity contribution >= 4 is 23.4 Å². The van der Waals surface area contributed by atoms with E-state index < -0.39 is 0 Å². The first-order chi connectivity index (χ1) is 12.7. The maximum atomic E-state index is 12.3. The smallest absolute Gasteiger partial charge is 0.259 e. The molecule has 2 N–H and O–H groups in total. The summed E-state index contributed by atoms with van der Waals surface area (Å²) in [6, 6.07) is 12.5. The van der Waals surface area contributed by atoms with Crippen molar-refractivity contribution in [2.24, 2.45) is 0 Å². The van der Waals surface area contributed by atoms with Crippen molar-refractivity contribution < 1.29 is 14.6 Å². The van der Waals surface area contributed by atoms with Gasteiger partial charge in [-0.2, -0.15) is 11.8 Å². The van der Waals surface area contributed by atoms with Crippen LogP contribution in [-0.4, -0.2) is 54.2 Å². The summed E-state index contributed by atoms with van der Waals surface area (Å²) >= 11 is 2.02. The number of carbonyl (C=O) groups is 1. The zero-order valence-electron chi connectivity index (χ0n) is 14.9. The number of thioether (sulfide) groups is 1. The van der Waals surface area contributed by atoms with Crippen LogP contribution >= 0.6 is 11.8 Å². The molecule has 0 aliphatic carbocycles. The number of rotatable bonds is 6. The van der Waals surface area contributed by atoms with Crippen molar-refractivity contribution in [2.75, 3.05) is 43.6 Å². The van der Waals surface area contributed by atoms with Crippen LogP contribution in [0.25, 0.3) is 0 Å². The third kappa shape index (κ3) is 4.93. The number of aromatic hydroxyl groups is 1. The molecule has 0 spiro atoms. The molecule has 0 saturated carbocycles. The van der Waals surface area contributed by atoms with E-state index in [0.717, 1.165) is 13.0 Å². The number of ether oxygens (including phenoxy) is 1. The van der Waals surface area contributed by atoms with Crippen LogP contribution in [0, 0.1) is 0 Å². The summed E-state index contributed by atoms with van der Waals surface area (Å²) in [6.07, 6.45) is 1.01. The van der Waals surface area contributed by atoms with Gasteiger partial charge in [0, 0.05) is 42.9 Å². The molecule has 1 heterocycles. The summed E-state index contributed by atoms with van der Waals surface area (Å²) in [5, 5.41) is 12.8. The molecule has 2 aromatic rings. The fourth-order valence-electron chi connectivity index (χ4n) is 2.90. The predicted octanol–water partition coefficient (Wildman–Crippen LogP) is 3.24. The van der Waals surface area contributed by atoms with Crippen molar-refractivity contribution in [1.29, 1.82) is 0 Å². The number of hydrogen-bond acceptors (Lipinski definition) is 5. The molecule has 1 aliphatic rings. The SMILES string of the molecule is COc1ccc(C(=O)Nc2ccc(CCN3CCSCC3)cc2)c(O)c1. The second kappa shape index (κ2) is 8.96. The van der Waals surface area contributed by atoms with Gasteiger partial charge in [0.25, 0.3) is 5.91 Å². The summed E-state index contributed by atoms with van der Waals surface area (Å²) in [6.45, 7) is 3.42. The zero-order chi connectivity index (χ0) is 18.4. The average molecular weight is 372 g/mol. The van der Waals surface area contributed by atoms with Crippen molar-refractivity contribution in [2.45, 2.75) is 6.42 Å². The molecule has 0 atom stereocenters. The van der Waals surface area contributed by atoms with Gasteiger partial charge in [0.1, 0.15) is 11.5 Å². The van der Waals surface area contributed by atoms with Gasteiger partial charge in [-0.15, -0.1) is 0 Å². The molecule has 0 bridgehead atoms. The molecular weight excluding hydrogens is 348 g/mol. The van der Waals surface area contributed by atoms with Gasteiger partial charge in [0.15, 0.2) is 0 Å². The molecule has 1 fully saturated rings. The number of anilines is 1. The number of phenolic OH excluding ortho intramolecular Hbond substituents is 1. The van der Waals surface area contributed by atoms with E-state index in [9.17, 15) is 9.90 Å². The van der Waals surface area contributed by atoms with Crippen LogP contribution in [0.1, 0.15) is 15.9 Å². The lowest BCUT2D eigenvalue weighted by Gasteiger charge is -2.26. The van der Waals surface area contributed by atoms with Gasteiger partial charge in [-0.1, -0.05) is 12.1 Å². The molecule has 6 heteroatoms. The normalized spacial score (nSPS) is 14.8. The Labute approximate surface area is 158 Å². The maximum absolute atomic E-state index is 12.3. The van der Waals surface area contributed by atoms with Gasteiger partial charge in [0.05, 0.1) is 12.7 Å². The molecule has 0 radical (unpaired) electrons. The van der Waals surface area contributed by atoms with Gasteiger partial charge < -0.3 is 20.1 Å².